The summed E-state index contributed by atoms with van der Waals surface area (Å²) in [5, 5.41) is 28.8. The van der Waals surface area contributed by atoms with E-state index in [4.69, 9.17) is 46.9 Å². The molecule has 0 bridgehead atoms. The van der Waals surface area contributed by atoms with Gasteiger partial charge in [0.2, 0.25) is 5.89 Å². The van der Waals surface area contributed by atoms with Crippen LogP contribution in [0.25, 0.3) is 11.3 Å². The lowest BCUT2D eigenvalue weighted by Crippen LogP contribution is -2.17. The number of aliphatic carboxylic acids is 1. The topological polar surface area (TPSA) is 190 Å². The highest BCUT2D eigenvalue weighted by Crippen LogP contribution is 2.33. The average molecular weight is 676 g/mol. The highest BCUT2D eigenvalue weighted by atomic mass is 35.5. The Hall–Kier alpha value is -4.47. The van der Waals surface area contributed by atoms with Crippen molar-refractivity contribution in [2.24, 2.45) is 0 Å². The van der Waals surface area contributed by atoms with Gasteiger partial charge in [-0.15, -0.1) is 0 Å². The SMILES string of the molecule is Cc1nc(NCCOCCOCCOCC(=O)O)c(NCc2ncc(-c3cc(Cl)ccc3Cl)o2)c(Nc2ccccc2C(=O)O)n1. The number of para-hydroxylation sites is 1. The van der Waals surface area contributed by atoms with Gasteiger partial charge in [-0.1, -0.05) is 35.3 Å². The van der Waals surface area contributed by atoms with Gasteiger partial charge in [0.05, 0.1) is 62.0 Å². The fourth-order valence-electron chi connectivity index (χ4n) is 4.07. The molecule has 0 fully saturated rings. The lowest BCUT2D eigenvalue weighted by Gasteiger charge is -2.18. The minimum atomic E-state index is -1.09. The summed E-state index contributed by atoms with van der Waals surface area (Å²) in [6.45, 7) is 3.21. The van der Waals surface area contributed by atoms with Gasteiger partial charge in [0, 0.05) is 17.1 Å². The van der Waals surface area contributed by atoms with E-state index in [9.17, 15) is 14.7 Å². The number of carbonyl (C=O) groups is 2. The van der Waals surface area contributed by atoms with E-state index >= 15 is 0 Å². The summed E-state index contributed by atoms with van der Waals surface area (Å²) in [6, 6.07) is 11.5. The predicted octanol–water partition coefficient (Wildman–Crippen LogP) is 5.35. The molecule has 0 amide bonds. The van der Waals surface area contributed by atoms with Crippen LogP contribution in [0.1, 0.15) is 22.1 Å². The number of carboxylic acids is 2. The Labute approximate surface area is 274 Å². The Morgan fingerprint density at radius 3 is 2.39 bits per heavy atom. The molecular weight excluding hydrogens is 643 g/mol. The van der Waals surface area contributed by atoms with Crippen LogP contribution in [0.15, 0.2) is 53.1 Å². The van der Waals surface area contributed by atoms with E-state index in [2.05, 4.69) is 30.9 Å². The average Bonchev–Trinajstić information content (AvgIpc) is 3.49. The first-order valence-corrected chi connectivity index (χ1v) is 14.8. The van der Waals surface area contributed by atoms with Crippen LogP contribution in [-0.4, -0.2) is 83.3 Å². The molecule has 2 heterocycles. The van der Waals surface area contributed by atoms with Crippen LogP contribution in [-0.2, 0) is 25.5 Å². The molecule has 244 valence electrons. The molecule has 0 aliphatic carbocycles. The number of oxazole rings is 1. The molecule has 0 spiro atoms. The van der Waals surface area contributed by atoms with E-state index in [1.165, 1.54) is 6.07 Å². The lowest BCUT2D eigenvalue weighted by atomic mass is 10.2. The molecule has 5 N–H and O–H groups in total. The number of aromatic nitrogens is 3. The zero-order valence-electron chi connectivity index (χ0n) is 24.7. The Morgan fingerprint density at radius 2 is 1.63 bits per heavy atom. The Balaban J connectivity index is 1.44. The second kappa shape index (κ2) is 17.3. The zero-order valence-corrected chi connectivity index (χ0v) is 26.2. The van der Waals surface area contributed by atoms with Gasteiger partial charge in [-0.2, -0.15) is 0 Å². The fraction of sp³-hybridized carbons (Fsp3) is 0.300. The third kappa shape index (κ3) is 10.3. The van der Waals surface area contributed by atoms with Crippen molar-refractivity contribution in [2.75, 3.05) is 62.1 Å². The minimum Gasteiger partial charge on any atom is -0.480 e. The molecule has 0 saturated heterocycles. The van der Waals surface area contributed by atoms with Crippen molar-refractivity contribution >= 4 is 58.2 Å². The van der Waals surface area contributed by atoms with Gasteiger partial charge in [0.25, 0.3) is 0 Å². The van der Waals surface area contributed by atoms with Crippen molar-refractivity contribution < 1.29 is 38.4 Å². The van der Waals surface area contributed by atoms with Gasteiger partial charge >= 0.3 is 11.9 Å². The van der Waals surface area contributed by atoms with E-state index in [0.29, 0.717) is 82.5 Å². The van der Waals surface area contributed by atoms with Crippen molar-refractivity contribution in [3.8, 4) is 11.3 Å². The smallest absolute Gasteiger partial charge is 0.337 e. The second-order valence-electron chi connectivity index (χ2n) is 9.51. The summed E-state index contributed by atoms with van der Waals surface area (Å²) in [6.07, 6.45) is 1.55. The number of rotatable bonds is 19. The third-order valence-corrected chi connectivity index (χ3v) is 6.67. The summed E-state index contributed by atoms with van der Waals surface area (Å²) in [5.41, 5.74) is 1.45. The number of halogens is 2. The number of anilines is 4. The lowest BCUT2D eigenvalue weighted by molar-refractivity contribution is -0.142. The number of nitrogens with one attached hydrogen (secondary N) is 3. The maximum absolute atomic E-state index is 11.9. The highest BCUT2D eigenvalue weighted by Gasteiger charge is 2.18. The van der Waals surface area contributed by atoms with E-state index in [-0.39, 0.29) is 31.9 Å². The summed E-state index contributed by atoms with van der Waals surface area (Å²) < 4.78 is 21.8. The number of nitrogens with zero attached hydrogens (tertiary/aromatic N) is 3. The molecule has 14 nitrogen and oxygen atoms in total. The van der Waals surface area contributed by atoms with Crippen LogP contribution < -0.4 is 16.0 Å². The van der Waals surface area contributed by atoms with Crippen molar-refractivity contribution in [1.29, 1.82) is 0 Å². The molecule has 0 aliphatic heterocycles. The van der Waals surface area contributed by atoms with Crippen molar-refractivity contribution in [3.05, 3.63) is 76.0 Å². The highest BCUT2D eigenvalue weighted by molar-refractivity contribution is 6.35. The van der Waals surface area contributed by atoms with E-state index < -0.39 is 11.9 Å². The molecule has 0 unspecified atom stereocenters. The van der Waals surface area contributed by atoms with Crippen molar-refractivity contribution in [2.45, 2.75) is 13.5 Å². The molecule has 4 rings (SSSR count). The number of carboxylic acid groups (broad SMARTS) is 2. The predicted molar refractivity (Wildman–Crippen MR) is 171 cm³/mol. The Morgan fingerprint density at radius 1 is 0.913 bits per heavy atom. The summed E-state index contributed by atoms with van der Waals surface area (Å²) >= 11 is 12.5. The molecule has 0 aliphatic rings. The Bertz CT molecular complexity index is 1640. The fourth-order valence-corrected chi connectivity index (χ4v) is 4.46. The molecule has 46 heavy (non-hydrogen) atoms. The van der Waals surface area contributed by atoms with E-state index in [1.807, 2.05) is 0 Å². The summed E-state index contributed by atoms with van der Waals surface area (Å²) in [4.78, 5) is 35.7. The minimum absolute atomic E-state index is 0.0686. The van der Waals surface area contributed by atoms with E-state index in [1.54, 1.807) is 49.5 Å². The first kappa shape index (κ1) is 34.4. The van der Waals surface area contributed by atoms with Crippen LogP contribution in [0.3, 0.4) is 0 Å². The van der Waals surface area contributed by atoms with Crippen LogP contribution in [0.5, 0.6) is 0 Å². The second-order valence-corrected chi connectivity index (χ2v) is 10.4. The molecule has 0 saturated carbocycles. The van der Waals surface area contributed by atoms with Crippen molar-refractivity contribution in [3.63, 3.8) is 0 Å². The van der Waals surface area contributed by atoms with Crippen LogP contribution >= 0.6 is 23.2 Å². The molecule has 2 aromatic carbocycles. The van der Waals surface area contributed by atoms with Crippen LogP contribution in [0.4, 0.5) is 23.0 Å². The molecule has 0 atom stereocenters. The van der Waals surface area contributed by atoms with Gasteiger partial charge in [-0.05, 0) is 37.3 Å². The normalized spacial score (nSPS) is 10.9. The van der Waals surface area contributed by atoms with E-state index in [0.717, 1.165) is 0 Å². The quantitative estimate of drug-likeness (QED) is 0.0800. The maximum atomic E-state index is 11.9. The van der Waals surface area contributed by atoms with Crippen LogP contribution in [0, 0.1) is 6.92 Å². The van der Waals surface area contributed by atoms with Gasteiger partial charge < -0.3 is 44.8 Å². The summed E-state index contributed by atoms with van der Waals surface area (Å²) in [7, 11) is 0. The number of hydrogen-bond donors (Lipinski definition) is 5. The molecule has 4 aromatic rings. The number of benzene rings is 2. The molecule has 16 heteroatoms. The third-order valence-electron chi connectivity index (χ3n) is 6.10. The van der Waals surface area contributed by atoms with Gasteiger partial charge in [-0.25, -0.2) is 24.5 Å². The van der Waals surface area contributed by atoms with Crippen LogP contribution in [0.2, 0.25) is 10.0 Å². The Kier molecular flexibility index (Phi) is 12.9. The van der Waals surface area contributed by atoms with Crippen molar-refractivity contribution in [1.82, 2.24) is 15.0 Å². The first-order chi connectivity index (χ1) is 22.2. The molecular formula is C30H32Cl2N6O8. The van der Waals surface area contributed by atoms with Gasteiger partial charge in [0.15, 0.2) is 17.4 Å². The van der Waals surface area contributed by atoms with Gasteiger partial charge in [-0.3, -0.25) is 0 Å². The largest absolute Gasteiger partial charge is 0.480 e. The summed E-state index contributed by atoms with van der Waals surface area (Å²) in [5.74, 6) is -0.168. The molecule has 0 radical (unpaired) electrons. The molecule has 2 aromatic heterocycles. The first-order valence-electron chi connectivity index (χ1n) is 14.0. The number of aromatic carboxylic acids is 1. The zero-order chi connectivity index (χ0) is 32.9. The maximum Gasteiger partial charge on any atom is 0.337 e. The van der Waals surface area contributed by atoms with Gasteiger partial charge in [0.1, 0.15) is 18.1 Å². The number of aryl methyl sites for hydroxylation is 1. The number of ether oxygens (including phenoxy) is 3. The number of hydrogen-bond acceptors (Lipinski definition) is 12. The standard InChI is InChI=1S/C30H32Cl2N6O8/c1-18-36-28(33-8-9-43-10-11-44-12-13-45-17-26(39)40)27(29(37-18)38-23-5-3-2-4-20(23)30(41)42)35-16-25-34-15-24(46-25)21-14-19(31)6-7-22(21)32/h2-7,14-15,35H,8-13,16-17H2,1H3,(H,39,40)(H,41,42)(H2,33,36,37,38). The monoisotopic (exact) mass is 674 g/mol.